The molecule has 3 aromatic rings. The van der Waals surface area contributed by atoms with Crippen LogP contribution in [-0.4, -0.2) is 16.6 Å². The minimum atomic E-state index is -4.55. The van der Waals surface area contributed by atoms with Gasteiger partial charge in [0.05, 0.1) is 12.1 Å². The van der Waals surface area contributed by atoms with E-state index in [2.05, 4.69) is 23.8 Å². The lowest BCUT2D eigenvalue weighted by molar-refractivity contribution is -0.139. The van der Waals surface area contributed by atoms with Gasteiger partial charge >= 0.3 is 6.18 Å². The number of hydrogen-bond donors (Lipinski definition) is 0. The SMILES string of the molecule is CC(C)CC(C)COc1ncc(-c2ccnc3ccccc23)cc1C(F)(F)F. The molecular formula is C22H23F3N2O. The molecule has 0 bridgehead atoms. The summed E-state index contributed by atoms with van der Waals surface area (Å²) in [6.07, 6.45) is -0.659. The summed E-state index contributed by atoms with van der Waals surface area (Å²) >= 11 is 0. The molecule has 3 nitrogen and oxygen atoms in total. The van der Waals surface area contributed by atoms with Gasteiger partial charge in [0.1, 0.15) is 5.56 Å². The molecule has 148 valence electrons. The molecule has 0 radical (unpaired) electrons. The van der Waals surface area contributed by atoms with Gasteiger partial charge in [-0.1, -0.05) is 39.0 Å². The number of alkyl halides is 3. The highest BCUT2D eigenvalue weighted by Gasteiger charge is 2.36. The van der Waals surface area contributed by atoms with Gasteiger partial charge in [-0.3, -0.25) is 4.98 Å². The second-order valence-electron chi connectivity index (χ2n) is 7.50. The molecule has 1 aromatic carbocycles. The number of rotatable bonds is 6. The van der Waals surface area contributed by atoms with Gasteiger partial charge in [-0.15, -0.1) is 0 Å². The molecule has 0 aliphatic carbocycles. The number of pyridine rings is 2. The highest BCUT2D eigenvalue weighted by atomic mass is 19.4. The average molecular weight is 388 g/mol. The third kappa shape index (κ3) is 4.61. The van der Waals surface area contributed by atoms with Crippen LogP contribution in [0.5, 0.6) is 5.88 Å². The number of hydrogen-bond acceptors (Lipinski definition) is 3. The van der Waals surface area contributed by atoms with Crippen LogP contribution in [0.4, 0.5) is 13.2 Å². The van der Waals surface area contributed by atoms with E-state index in [1.807, 2.05) is 31.2 Å². The van der Waals surface area contributed by atoms with E-state index in [-0.39, 0.29) is 18.4 Å². The monoisotopic (exact) mass is 388 g/mol. The summed E-state index contributed by atoms with van der Waals surface area (Å²) in [4.78, 5) is 8.28. The van der Waals surface area contributed by atoms with Gasteiger partial charge < -0.3 is 4.74 Å². The van der Waals surface area contributed by atoms with Gasteiger partial charge in [0.2, 0.25) is 5.88 Å². The third-order valence-electron chi connectivity index (χ3n) is 4.49. The van der Waals surface area contributed by atoms with E-state index in [0.29, 0.717) is 17.0 Å². The van der Waals surface area contributed by atoms with Crippen molar-refractivity contribution >= 4 is 10.9 Å². The fourth-order valence-corrected chi connectivity index (χ4v) is 3.36. The lowest BCUT2D eigenvalue weighted by Crippen LogP contribution is -2.15. The van der Waals surface area contributed by atoms with Crippen molar-refractivity contribution in [3.05, 3.63) is 54.4 Å². The standard InChI is InChI=1S/C22H23F3N2O/c1-14(2)10-15(3)13-28-21-19(22(23,24)25)11-16(12-27-21)17-8-9-26-20-7-5-4-6-18(17)20/h4-9,11-12,14-15H,10,13H2,1-3H3. The maximum absolute atomic E-state index is 13.7. The molecule has 2 heterocycles. The third-order valence-corrected chi connectivity index (χ3v) is 4.49. The molecule has 0 fully saturated rings. The Morgan fingerprint density at radius 3 is 2.50 bits per heavy atom. The lowest BCUT2D eigenvalue weighted by Gasteiger charge is -2.18. The van der Waals surface area contributed by atoms with E-state index in [4.69, 9.17) is 4.74 Å². The van der Waals surface area contributed by atoms with Gasteiger partial charge in [-0.05, 0) is 42.0 Å². The second kappa shape index (κ2) is 8.17. The molecule has 6 heteroatoms. The van der Waals surface area contributed by atoms with Crippen LogP contribution in [0.25, 0.3) is 22.0 Å². The van der Waals surface area contributed by atoms with Crippen LogP contribution in [0.2, 0.25) is 0 Å². The van der Waals surface area contributed by atoms with Crippen molar-refractivity contribution in [2.45, 2.75) is 33.4 Å². The highest BCUT2D eigenvalue weighted by molar-refractivity contribution is 5.94. The average Bonchev–Trinajstić information content (AvgIpc) is 2.64. The molecule has 3 rings (SSSR count). The summed E-state index contributed by atoms with van der Waals surface area (Å²) in [6, 6.07) is 10.1. The number of aromatic nitrogens is 2. The van der Waals surface area contributed by atoms with Gasteiger partial charge in [0.25, 0.3) is 0 Å². The molecule has 0 saturated heterocycles. The van der Waals surface area contributed by atoms with Crippen molar-refractivity contribution in [2.24, 2.45) is 11.8 Å². The fourth-order valence-electron chi connectivity index (χ4n) is 3.36. The molecule has 0 aliphatic heterocycles. The predicted molar refractivity (Wildman–Crippen MR) is 104 cm³/mol. The second-order valence-corrected chi connectivity index (χ2v) is 7.50. The maximum Gasteiger partial charge on any atom is 0.421 e. The molecule has 1 atom stereocenters. The Labute approximate surface area is 162 Å². The molecule has 1 unspecified atom stereocenters. The Morgan fingerprint density at radius 2 is 1.79 bits per heavy atom. The first kappa shape index (κ1) is 20.1. The predicted octanol–water partition coefficient (Wildman–Crippen LogP) is 6.38. The lowest BCUT2D eigenvalue weighted by atomic mass is 10.00. The summed E-state index contributed by atoms with van der Waals surface area (Å²) in [6.45, 7) is 6.31. The van der Waals surface area contributed by atoms with Crippen molar-refractivity contribution in [1.29, 1.82) is 0 Å². The quantitative estimate of drug-likeness (QED) is 0.492. The smallest absolute Gasteiger partial charge is 0.421 e. The first-order valence-corrected chi connectivity index (χ1v) is 9.30. The maximum atomic E-state index is 13.7. The van der Waals surface area contributed by atoms with E-state index >= 15 is 0 Å². The largest absolute Gasteiger partial charge is 0.477 e. The van der Waals surface area contributed by atoms with Crippen LogP contribution in [0.3, 0.4) is 0 Å². The van der Waals surface area contributed by atoms with E-state index < -0.39 is 11.7 Å². The Bertz CT molecular complexity index is 949. The van der Waals surface area contributed by atoms with Crippen LogP contribution < -0.4 is 4.74 Å². The Kier molecular flexibility index (Phi) is 5.87. The number of para-hydroxylation sites is 1. The Hall–Kier alpha value is -2.63. The summed E-state index contributed by atoms with van der Waals surface area (Å²) in [7, 11) is 0. The fraction of sp³-hybridized carbons (Fsp3) is 0.364. The van der Waals surface area contributed by atoms with Crippen LogP contribution in [0.1, 0.15) is 32.8 Å². The normalized spacial score (nSPS) is 13.1. The number of ether oxygens (including phenoxy) is 1. The molecule has 0 N–H and O–H groups in total. The molecule has 2 aromatic heterocycles. The Balaban J connectivity index is 1.97. The first-order chi connectivity index (χ1) is 13.3. The summed E-state index contributed by atoms with van der Waals surface area (Å²) < 4.78 is 46.4. The molecule has 0 saturated carbocycles. The van der Waals surface area contributed by atoms with E-state index in [1.54, 1.807) is 12.3 Å². The van der Waals surface area contributed by atoms with Crippen molar-refractivity contribution in [2.75, 3.05) is 6.61 Å². The molecule has 0 amide bonds. The number of benzene rings is 1. The topological polar surface area (TPSA) is 35.0 Å². The minimum Gasteiger partial charge on any atom is -0.477 e. The van der Waals surface area contributed by atoms with E-state index in [9.17, 15) is 13.2 Å². The van der Waals surface area contributed by atoms with Gasteiger partial charge in [0.15, 0.2) is 0 Å². The van der Waals surface area contributed by atoms with Crippen molar-refractivity contribution in [3.8, 4) is 17.0 Å². The minimum absolute atomic E-state index is 0.145. The van der Waals surface area contributed by atoms with Gasteiger partial charge in [-0.25, -0.2) is 4.98 Å². The molecule has 0 aliphatic rings. The molecule has 0 spiro atoms. The van der Waals surface area contributed by atoms with Crippen molar-refractivity contribution in [3.63, 3.8) is 0 Å². The Morgan fingerprint density at radius 1 is 1.04 bits per heavy atom. The van der Waals surface area contributed by atoms with Crippen LogP contribution >= 0.6 is 0 Å². The molecule has 28 heavy (non-hydrogen) atoms. The zero-order chi connectivity index (χ0) is 20.3. The summed E-state index contributed by atoms with van der Waals surface area (Å²) in [5.74, 6) is 0.230. The zero-order valence-electron chi connectivity index (χ0n) is 16.1. The van der Waals surface area contributed by atoms with Crippen LogP contribution in [0.15, 0.2) is 48.8 Å². The first-order valence-electron chi connectivity index (χ1n) is 9.30. The summed E-state index contributed by atoms with van der Waals surface area (Å²) in [5, 5.41) is 0.777. The van der Waals surface area contributed by atoms with Gasteiger partial charge in [0, 0.05) is 23.3 Å². The van der Waals surface area contributed by atoms with Crippen molar-refractivity contribution < 1.29 is 17.9 Å². The summed E-state index contributed by atoms with van der Waals surface area (Å²) in [5.41, 5.74) is 0.899. The highest BCUT2D eigenvalue weighted by Crippen LogP contribution is 2.38. The number of nitrogens with zero attached hydrogens (tertiary/aromatic N) is 2. The van der Waals surface area contributed by atoms with Crippen LogP contribution in [0, 0.1) is 11.8 Å². The van der Waals surface area contributed by atoms with E-state index in [0.717, 1.165) is 23.4 Å². The molecular weight excluding hydrogens is 365 g/mol. The zero-order valence-corrected chi connectivity index (χ0v) is 16.1. The van der Waals surface area contributed by atoms with Crippen LogP contribution in [-0.2, 0) is 6.18 Å². The van der Waals surface area contributed by atoms with Crippen molar-refractivity contribution in [1.82, 2.24) is 9.97 Å². The van der Waals surface area contributed by atoms with Gasteiger partial charge in [-0.2, -0.15) is 13.2 Å². The van der Waals surface area contributed by atoms with E-state index in [1.165, 1.54) is 6.20 Å². The number of halogens is 3. The number of fused-ring (bicyclic) bond motifs is 1.